The minimum Gasteiger partial charge on any atom is -0.480 e. The average molecular weight is 536 g/mol. The second kappa shape index (κ2) is 12.5. The monoisotopic (exact) mass is 535 g/mol. The summed E-state index contributed by atoms with van der Waals surface area (Å²) in [6.45, 7) is -0.330. The molecule has 0 fully saturated rings. The van der Waals surface area contributed by atoms with E-state index in [0.29, 0.717) is 11.4 Å². The average Bonchev–Trinajstić information content (AvgIpc) is 3.70. The predicted octanol–water partition coefficient (Wildman–Crippen LogP) is -0.860. The molecule has 14 nitrogen and oxygen atoms in total. The Balaban J connectivity index is 1.54. The first kappa shape index (κ1) is 27.1. The molecular weight excluding hydrogens is 506 g/mol. The van der Waals surface area contributed by atoms with E-state index in [1.54, 1.807) is 6.20 Å². The molecule has 3 heterocycles. The second-order valence-electron chi connectivity index (χ2n) is 8.91. The fourth-order valence-corrected chi connectivity index (χ4v) is 4.17. The van der Waals surface area contributed by atoms with Crippen LogP contribution in [0.15, 0.2) is 55.5 Å². The van der Waals surface area contributed by atoms with Gasteiger partial charge in [0.1, 0.15) is 18.1 Å². The van der Waals surface area contributed by atoms with Crippen molar-refractivity contribution in [3.05, 3.63) is 72.5 Å². The lowest BCUT2D eigenvalue weighted by Crippen LogP contribution is -2.57. The van der Waals surface area contributed by atoms with Crippen molar-refractivity contribution in [1.29, 1.82) is 0 Å². The largest absolute Gasteiger partial charge is 0.480 e. The number of benzene rings is 1. The second-order valence-corrected chi connectivity index (χ2v) is 8.91. The Morgan fingerprint density at radius 1 is 0.821 bits per heavy atom. The summed E-state index contributed by atoms with van der Waals surface area (Å²) in [7, 11) is 0. The van der Waals surface area contributed by atoms with E-state index in [1.807, 2.05) is 24.3 Å². The zero-order chi connectivity index (χ0) is 27.8. The maximum absolute atomic E-state index is 13.5. The van der Waals surface area contributed by atoms with Crippen LogP contribution in [-0.4, -0.2) is 78.4 Å². The molecule has 3 unspecified atom stereocenters. The summed E-state index contributed by atoms with van der Waals surface area (Å²) < 4.78 is 0. The molecule has 9 N–H and O–H groups in total. The number of nitrogens with zero attached hydrogens (tertiary/aromatic N) is 2. The summed E-state index contributed by atoms with van der Waals surface area (Å²) in [5.74, 6) is -3.16. The van der Waals surface area contributed by atoms with E-state index >= 15 is 0 Å². The molecule has 0 radical (unpaired) electrons. The molecule has 0 aliphatic carbocycles. The normalized spacial score (nSPS) is 13.4. The van der Waals surface area contributed by atoms with Crippen molar-refractivity contribution in [3.63, 3.8) is 0 Å². The van der Waals surface area contributed by atoms with Crippen LogP contribution in [0, 0.1) is 0 Å². The third-order valence-electron chi connectivity index (χ3n) is 6.14. The molecule has 4 aromatic rings. The third kappa shape index (κ3) is 7.07. The SMILES string of the molecule is NCC(=O)NC(Cc1c[nH]c2ccccc12)C(=O)NC(Cc1cnc[nH]1)C(=O)NC(Cc1cnc[nH]1)C(=O)O. The lowest BCUT2D eigenvalue weighted by atomic mass is 10.0. The van der Waals surface area contributed by atoms with Gasteiger partial charge in [-0.3, -0.25) is 14.4 Å². The molecule has 3 aromatic heterocycles. The standard InChI is InChI=1S/C25H29N9O5/c26-8-22(35)32-19(5-14-9-29-18-4-2-1-3-17(14)18)23(36)33-20(6-15-10-27-12-30-15)24(37)34-21(25(38)39)7-16-11-28-13-31-16/h1-4,9-13,19-21,29H,5-8,26H2,(H,27,30)(H,28,31)(H,32,35)(H,33,36)(H,34,37)(H,38,39). The molecule has 3 amide bonds. The van der Waals surface area contributed by atoms with Crippen molar-refractivity contribution < 1.29 is 24.3 Å². The summed E-state index contributed by atoms with van der Waals surface area (Å²) in [5.41, 5.74) is 8.17. The van der Waals surface area contributed by atoms with Gasteiger partial charge in [-0.2, -0.15) is 0 Å². The minimum absolute atomic E-state index is 0.00138. The number of para-hydroxylation sites is 1. The molecule has 3 atom stereocenters. The van der Waals surface area contributed by atoms with Gasteiger partial charge in [-0.1, -0.05) is 18.2 Å². The number of hydrogen-bond donors (Lipinski definition) is 8. The van der Waals surface area contributed by atoms with Crippen LogP contribution >= 0.6 is 0 Å². The summed E-state index contributed by atoms with van der Waals surface area (Å²) >= 11 is 0. The molecule has 0 saturated carbocycles. The van der Waals surface area contributed by atoms with E-state index in [0.717, 1.165) is 16.5 Å². The molecule has 39 heavy (non-hydrogen) atoms. The summed E-state index contributed by atoms with van der Waals surface area (Å²) in [5, 5.41) is 18.3. The lowest BCUT2D eigenvalue weighted by Gasteiger charge is -2.24. The van der Waals surface area contributed by atoms with Gasteiger partial charge in [-0.25, -0.2) is 14.8 Å². The Morgan fingerprint density at radius 3 is 2.00 bits per heavy atom. The quantitative estimate of drug-likeness (QED) is 0.107. The number of carbonyl (C=O) groups excluding carboxylic acids is 3. The number of aliphatic carboxylic acids is 1. The van der Waals surface area contributed by atoms with Gasteiger partial charge in [0, 0.05) is 60.1 Å². The van der Waals surface area contributed by atoms with Gasteiger partial charge in [0.25, 0.3) is 0 Å². The number of amides is 3. The number of imidazole rings is 2. The number of carboxylic acid groups (broad SMARTS) is 1. The summed E-state index contributed by atoms with van der Waals surface area (Å²) in [6, 6.07) is 4.00. The highest BCUT2D eigenvalue weighted by atomic mass is 16.4. The first-order valence-electron chi connectivity index (χ1n) is 12.2. The van der Waals surface area contributed by atoms with Crippen LogP contribution in [0.3, 0.4) is 0 Å². The number of nitrogens with two attached hydrogens (primary N) is 1. The highest BCUT2D eigenvalue weighted by Crippen LogP contribution is 2.19. The van der Waals surface area contributed by atoms with Crippen molar-refractivity contribution in [1.82, 2.24) is 40.9 Å². The van der Waals surface area contributed by atoms with Gasteiger partial charge >= 0.3 is 5.97 Å². The predicted molar refractivity (Wildman–Crippen MR) is 139 cm³/mol. The Kier molecular flexibility index (Phi) is 8.68. The number of fused-ring (bicyclic) bond motifs is 1. The lowest BCUT2D eigenvalue weighted by molar-refractivity contribution is -0.142. The van der Waals surface area contributed by atoms with Crippen LogP contribution in [0.1, 0.15) is 17.0 Å². The number of carbonyl (C=O) groups is 4. The van der Waals surface area contributed by atoms with Crippen LogP contribution in [-0.2, 0) is 38.4 Å². The van der Waals surface area contributed by atoms with E-state index in [1.165, 1.54) is 25.0 Å². The minimum atomic E-state index is -1.28. The van der Waals surface area contributed by atoms with Gasteiger partial charge in [0.05, 0.1) is 19.2 Å². The van der Waals surface area contributed by atoms with Gasteiger partial charge in [-0.05, 0) is 11.6 Å². The van der Waals surface area contributed by atoms with Crippen LogP contribution in [0.4, 0.5) is 0 Å². The fourth-order valence-electron chi connectivity index (χ4n) is 4.17. The highest BCUT2D eigenvalue weighted by Gasteiger charge is 2.30. The fraction of sp³-hybridized carbons (Fsp3) is 0.280. The Morgan fingerprint density at radius 2 is 1.41 bits per heavy atom. The third-order valence-corrected chi connectivity index (χ3v) is 6.14. The van der Waals surface area contributed by atoms with Gasteiger partial charge in [0.2, 0.25) is 17.7 Å². The van der Waals surface area contributed by atoms with E-state index in [9.17, 15) is 24.3 Å². The summed E-state index contributed by atoms with van der Waals surface area (Å²) in [4.78, 5) is 67.4. The Hall–Kier alpha value is -4.98. The first-order chi connectivity index (χ1) is 18.8. The molecule has 0 aliphatic rings. The van der Waals surface area contributed by atoms with E-state index in [4.69, 9.17) is 5.73 Å². The Bertz CT molecular complexity index is 1410. The van der Waals surface area contributed by atoms with Crippen molar-refractivity contribution in [2.24, 2.45) is 5.73 Å². The van der Waals surface area contributed by atoms with Crippen LogP contribution in [0.25, 0.3) is 10.9 Å². The maximum atomic E-state index is 13.5. The molecule has 0 spiro atoms. The van der Waals surface area contributed by atoms with E-state index in [2.05, 4.69) is 40.9 Å². The number of nitrogens with one attached hydrogen (secondary N) is 6. The number of H-pyrrole nitrogens is 3. The molecule has 204 valence electrons. The van der Waals surface area contributed by atoms with Crippen LogP contribution in [0.5, 0.6) is 0 Å². The van der Waals surface area contributed by atoms with Crippen molar-refractivity contribution in [3.8, 4) is 0 Å². The van der Waals surface area contributed by atoms with Gasteiger partial charge in [0.15, 0.2) is 0 Å². The number of carboxylic acids is 1. The molecule has 14 heteroatoms. The van der Waals surface area contributed by atoms with Crippen molar-refractivity contribution in [2.75, 3.05) is 6.54 Å². The topological polar surface area (TPSA) is 224 Å². The molecule has 1 aromatic carbocycles. The van der Waals surface area contributed by atoms with Crippen LogP contribution < -0.4 is 21.7 Å². The number of rotatable bonds is 13. The molecule has 4 rings (SSSR count). The zero-order valence-corrected chi connectivity index (χ0v) is 20.8. The van der Waals surface area contributed by atoms with Crippen molar-refractivity contribution in [2.45, 2.75) is 37.4 Å². The smallest absolute Gasteiger partial charge is 0.326 e. The van der Waals surface area contributed by atoms with Gasteiger partial charge < -0.3 is 41.7 Å². The number of aromatic nitrogens is 5. The number of hydrogen-bond acceptors (Lipinski definition) is 7. The van der Waals surface area contributed by atoms with Crippen molar-refractivity contribution >= 4 is 34.6 Å². The molecular formula is C25H29N9O5. The van der Waals surface area contributed by atoms with E-state index < -0.39 is 41.8 Å². The Labute approximate surface area is 222 Å². The number of aromatic amines is 3. The summed E-state index contributed by atoms with van der Waals surface area (Å²) in [6.07, 6.45) is 7.61. The van der Waals surface area contributed by atoms with E-state index in [-0.39, 0.29) is 25.8 Å². The molecule has 0 aliphatic heterocycles. The maximum Gasteiger partial charge on any atom is 0.326 e. The molecule has 0 saturated heterocycles. The first-order valence-corrected chi connectivity index (χ1v) is 12.2. The molecule has 0 bridgehead atoms. The highest BCUT2D eigenvalue weighted by molar-refractivity contribution is 5.94. The van der Waals surface area contributed by atoms with Gasteiger partial charge in [-0.15, -0.1) is 0 Å². The van der Waals surface area contributed by atoms with Crippen LogP contribution in [0.2, 0.25) is 0 Å². The zero-order valence-electron chi connectivity index (χ0n) is 20.8.